The average Bonchev–Trinajstić information content (AvgIpc) is 2.45. The lowest BCUT2D eigenvalue weighted by molar-refractivity contribution is -0.145. The van der Waals surface area contributed by atoms with Crippen LogP contribution in [0.3, 0.4) is 0 Å². The number of piperidine rings is 1. The summed E-state index contributed by atoms with van der Waals surface area (Å²) in [7, 11) is 1.45. The molecule has 19 heavy (non-hydrogen) atoms. The third-order valence-corrected chi connectivity index (χ3v) is 3.52. The number of anilines is 1. The lowest BCUT2D eigenvalue weighted by Gasteiger charge is -2.32. The van der Waals surface area contributed by atoms with E-state index >= 15 is 0 Å². The van der Waals surface area contributed by atoms with Gasteiger partial charge in [-0.05, 0) is 26.2 Å². The van der Waals surface area contributed by atoms with E-state index in [1.54, 1.807) is 0 Å². The molecule has 1 aromatic rings. The van der Waals surface area contributed by atoms with Gasteiger partial charge in [0, 0.05) is 24.8 Å². The second kappa shape index (κ2) is 5.99. The van der Waals surface area contributed by atoms with Crippen molar-refractivity contribution in [3.63, 3.8) is 0 Å². The fraction of sp³-hybridized carbons (Fsp3) is 0.643. The van der Waals surface area contributed by atoms with Crippen molar-refractivity contribution in [1.29, 1.82) is 0 Å². The largest absolute Gasteiger partial charge is 0.469 e. The Morgan fingerprint density at radius 1 is 1.53 bits per heavy atom. The summed E-state index contributed by atoms with van der Waals surface area (Å²) in [5.41, 5.74) is 1.04. The van der Waals surface area contributed by atoms with E-state index in [4.69, 9.17) is 4.74 Å². The number of esters is 1. The standard InChI is InChI=1S/C14H21N3O2/c1-4-12-8-13(16-10(2)15-12)17-7-5-6-11(9-17)14(18)19-3/h8,11H,4-7,9H2,1-3H3. The van der Waals surface area contributed by atoms with E-state index in [1.165, 1.54) is 7.11 Å². The van der Waals surface area contributed by atoms with Gasteiger partial charge in [-0.25, -0.2) is 9.97 Å². The SMILES string of the molecule is CCc1cc(N2CCCC(C(=O)OC)C2)nc(C)n1. The summed E-state index contributed by atoms with van der Waals surface area (Å²) in [6, 6.07) is 2.02. The molecule has 0 radical (unpaired) electrons. The van der Waals surface area contributed by atoms with Crippen molar-refractivity contribution in [2.45, 2.75) is 33.1 Å². The lowest BCUT2D eigenvalue weighted by Crippen LogP contribution is -2.39. The summed E-state index contributed by atoms with van der Waals surface area (Å²) >= 11 is 0. The Labute approximate surface area is 114 Å². The molecule has 1 fully saturated rings. The van der Waals surface area contributed by atoms with Crippen LogP contribution in [0.2, 0.25) is 0 Å². The zero-order chi connectivity index (χ0) is 13.8. The van der Waals surface area contributed by atoms with Crippen molar-refractivity contribution in [3.05, 3.63) is 17.6 Å². The zero-order valence-electron chi connectivity index (χ0n) is 11.8. The van der Waals surface area contributed by atoms with E-state index in [2.05, 4.69) is 21.8 Å². The zero-order valence-corrected chi connectivity index (χ0v) is 11.8. The van der Waals surface area contributed by atoms with E-state index in [9.17, 15) is 4.79 Å². The normalized spacial score (nSPS) is 19.3. The van der Waals surface area contributed by atoms with Crippen molar-refractivity contribution in [3.8, 4) is 0 Å². The van der Waals surface area contributed by atoms with Crippen LogP contribution in [0.5, 0.6) is 0 Å². The fourth-order valence-corrected chi connectivity index (χ4v) is 2.50. The van der Waals surface area contributed by atoms with E-state index in [0.717, 1.165) is 43.1 Å². The van der Waals surface area contributed by atoms with Gasteiger partial charge < -0.3 is 9.64 Å². The maximum atomic E-state index is 11.7. The predicted molar refractivity (Wildman–Crippen MR) is 73.1 cm³/mol. The third-order valence-electron chi connectivity index (χ3n) is 3.52. The van der Waals surface area contributed by atoms with Crippen molar-refractivity contribution in [1.82, 2.24) is 9.97 Å². The molecule has 0 aliphatic carbocycles. The Hall–Kier alpha value is -1.65. The quantitative estimate of drug-likeness (QED) is 0.777. The number of carbonyl (C=O) groups is 1. The van der Waals surface area contributed by atoms with Crippen LogP contribution in [-0.4, -0.2) is 36.1 Å². The summed E-state index contributed by atoms with van der Waals surface area (Å²) < 4.78 is 4.84. The molecular formula is C14H21N3O2. The van der Waals surface area contributed by atoms with Gasteiger partial charge in [0.25, 0.3) is 0 Å². The van der Waals surface area contributed by atoms with E-state index in [1.807, 2.05) is 13.0 Å². The van der Waals surface area contributed by atoms with Gasteiger partial charge in [0.2, 0.25) is 0 Å². The van der Waals surface area contributed by atoms with Crippen LogP contribution < -0.4 is 4.90 Å². The maximum Gasteiger partial charge on any atom is 0.310 e. The molecule has 1 aromatic heterocycles. The molecule has 1 aliphatic rings. The molecule has 0 saturated carbocycles. The Bertz CT molecular complexity index is 462. The second-order valence-electron chi connectivity index (χ2n) is 4.93. The van der Waals surface area contributed by atoms with Gasteiger partial charge in [-0.1, -0.05) is 6.92 Å². The molecule has 2 rings (SSSR count). The summed E-state index contributed by atoms with van der Waals surface area (Å²) in [5.74, 6) is 1.55. The van der Waals surface area contributed by atoms with Gasteiger partial charge in [0.15, 0.2) is 0 Å². The number of ether oxygens (including phenoxy) is 1. The number of rotatable bonds is 3. The van der Waals surface area contributed by atoms with Crippen molar-refractivity contribution >= 4 is 11.8 Å². The minimum Gasteiger partial charge on any atom is -0.469 e. The molecule has 104 valence electrons. The van der Waals surface area contributed by atoms with Crippen molar-refractivity contribution in [2.24, 2.45) is 5.92 Å². The first-order valence-electron chi connectivity index (χ1n) is 6.81. The first-order valence-corrected chi connectivity index (χ1v) is 6.81. The third kappa shape index (κ3) is 3.22. The van der Waals surface area contributed by atoms with E-state index < -0.39 is 0 Å². The molecule has 0 amide bonds. The number of nitrogens with zero attached hydrogens (tertiary/aromatic N) is 3. The lowest BCUT2D eigenvalue weighted by atomic mass is 9.98. The Kier molecular flexibility index (Phi) is 4.35. The highest BCUT2D eigenvalue weighted by Gasteiger charge is 2.27. The van der Waals surface area contributed by atoms with Gasteiger partial charge in [0.1, 0.15) is 11.6 Å². The van der Waals surface area contributed by atoms with Gasteiger partial charge in [-0.3, -0.25) is 4.79 Å². The van der Waals surface area contributed by atoms with Gasteiger partial charge >= 0.3 is 5.97 Å². The molecule has 1 unspecified atom stereocenters. The molecule has 0 aromatic carbocycles. The summed E-state index contributed by atoms with van der Waals surface area (Å²) in [4.78, 5) is 22.7. The molecular weight excluding hydrogens is 242 g/mol. The Balaban J connectivity index is 2.17. The molecule has 1 saturated heterocycles. The minimum atomic E-state index is -0.119. The summed E-state index contributed by atoms with van der Waals surface area (Å²) in [6.45, 7) is 5.61. The molecule has 2 heterocycles. The van der Waals surface area contributed by atoms with Crippen LogP contribution in [0.15, 0.2) is 6.07 Å². The number of aryl methyl sites for hydroxylation is 2. The molecule has 0 spiro atoms. The van der Waals surface area contributed by atoms with Crippen LogP contribution in [-0.2, 0) is 16.0 Å². The van der Waals surface area contributed by atoms with Crippen LogP contribution in [0.25, 0.3) is 0 Å². The van der Waals surface area contributed by atoms with Gasteiger partial charge in [0.05, 0.1) is 13.0 Å². The van der Waals surface area contributed by atoms with Crippen LogP contribution >= 0.6 is 0 Å². The highest BCUT2D eigenvalue weighted by Crippen LogP contribution is 2.23. The van der Waals surface area contributed by atoms with Crippen LogP contribution in [0.1, 0.15) is 31.3 Å². The maximum absolute atomic E-state index is 11.7. The second-order valence-corrected chi connectivity index (χ2v) is 4.93. The minimum absolute atomic E-state index is 0.0425. The number of methoxy groups -OCH3 is 1. The van der Waals surface area contributed by atoms with Crippen LogP contribution in [0.4, 0.5) is 5.82 Å². The average molecular weight is 263 g/mol. The van der Waals surface area contributed by atoms with E-state index in [-0.39, 0.29) is 11.9 Å². The molecule has 1 atom stereocenters. The van der Waals surface area contributed by atoms with Crippen molar-refractivity contribution in [2.75, 3.05) is 25.1 Å². The number of carbonyl (C=O) groups excluding carboxylic acids is 1. The first kappa shape index (κ1) is 13.8. The fourth-order valence-electron chi connectivity index (χ4n) is 2.50. The first-order chi connectivity index (χ1) is 9.13. The smallest absolute Gasteiger partial charge is 0.310 e. The molecule has 5 nitrogen and oxygen atoms in total. The molecule has 1 aliphatic heterocycles. The monoisotopic (exact) mass is 263 g/mol. The predicted octanol–water partition coefficient (Wildman–Crippen LogP) is 1.74. The summed E-state index contributed by atoms with van der Waals surface area (Å²) in [6.07, 6.45) is 2.78. The molecule has 0 N–H and O–H groups in total. The summed E-state index contributed by atoms with van der Waals surface area (Å²) in [5, 5.41) is 0. The van der Waals surface area contributed by atoms with Gasteiger partial charge in [-0.2, -0.15) is 0 Å². The number of aromatic nitrogens is 2. The molecule has 5 heteroatoms. The topological polar surface area (TPSA) is 55.3 Å². The van der Waals surface area contributed by atoms with E-state index in [0.29, 0.717) is 6.54 Å². The Morgan fingerprint density at radius 2 is 2.32 bits per heavy atom. The Morgan fingerprint density at radius 3 is 3.00 bits per heavy atom. The van der Waals surface area contributed by atoms with Gasteiger partial charge in [-0.15, -0.1) is 0 Å². The molecule has 0 bridgehead atoms. The number of hydrogen-bond donors (Lipinski definition) is 0. The van der Waals surface area contributed by atoms with Crippen molar-refractivity contribution < 1.29 is 9.53 Å². The van der Waals surface area contributed by atoms with Crippen LogP contribution in [0, 0.1) is 12.8 Å². The highest BCUT2D eigenvalue weighted by atomic mass is 16.5. The highest BCUT2D eigenvalue weighted by molar-refractivity contribution is 5.73. The number of hydrogen-bond acceptors (Lipinski definition) is 5.